The van der Waals surface area contributed by atoms with Gasteiger partial charge in [0.05, 0.1) is 28.1 Å². The van der Waals surface area contributed by atoms with Crippen LogP contribution in [-0.4, -0.2) is 39.7 Å². The van der Waals surface area contributed by atoms with Crippen molar-refractivity contribution in [2.75, 3.05) is 0 Å². The van der Waals surface area contributed by atoms with Gasteiger partial charge in [0, 0.05) is 48.8 Å². The monoisotopic (exact) mass is 511 g/mol. The Bertz CT molecular complexity index is 1910. The molecule has 0 saturated heterocycles. The van der Waals surface area contributed by atoms with Crippen LogP contribution in [0.4, 0.5) is 0 Å². The minimum atomic E-state index is 0.719. The molecule has 3 N–H and O–H groups in total. The van der Waals surface area contributed by atoms with Crippen LogP contribution in [0.15, 0.2) is 91.8 Å². The molecule has 9 nitrogen and oxygen atoms in total. The average molecular weight is 512 g/mol. The molecule has 190 valence electrons. The maximum absolute atomic E-state index is 5.00. The topological polar surface area (TPSA) is 113 Å². The number of H-pyrrole nitrogens is 2. The van der Waals surface area contributed by atoms with Gasteiger partial charge in [-0.25, -0.2) is 15.0 Å². The van der Waals surface area contributed by atoms with Crippen molar-refractivity contribution >= 4 is 21.9 Å². The normalized spacial score (nSPS) is 11.5. The lowest BCUT2D eigenvalue weighted by molar-refractivity contribution is 0.691. The van der Waals surface area contributed by atoms with E-state index in [1.807, 2.05) is 54.3 Å². The Labute approximate surface area is 224 Å². The Morgan fingerprint density at radius 1 is 0.897 bits per heavy atom. The number of aromatic amines is 2. The molecule has 6 heterocycles. The zero-order valence-corrected chi connectivity index (χ0v) is 21.3. The second-order valence-electron chi connectivity index (χ2n) is 9.54. The molecule has 0 atom stereocenters. The Hall–Kier alpha value is -5.15. The molecule has 0 unspecified atom stereocenters. The lowest BCUT2D eigenvalue weighted by Crippen LogP contribution is -2.12. The molecule has 6 aromatic heterocycles. The Morgan fingerprint density at radius 2 is 1.79 bits per heavy atom. The second kappa shape index (κ2) is 9.62. The lowest BCUT2D eigenvalue weighted by Gasteiger charge is -2.07. The largest absolute Gasteiger partial charge is 0.353 e. The first kappa shape index (κ1) is 23.0. The summed E-state index contributed by atoms with van der Waals surface area (Å²) in [7, 11) is 0. The lowest BCUT2D eigenvalue weighted by atomic mass is 10.1. The van der Waals surface area contributed by atoms with E-state index in [1.54, 1.807) is 12.5 Å². The summed E-state index contributed by atoms with van der Waals surface area (Å²) in [6, 6.07) is 20.5. The van der Waals surface area contributed by atoms with Crippen LogP contribution >= 0.6 is 0 Å². The van der Waals surface area contributed by atoms with Crippen molar-refractivity contribution in [3.8, 4) is 28.5 Å². The maximum atomic E-state index is 5.00. The summed E-state index contributed by atoms with van der Waals surface area (Å²) in [5, 5.41) is 12.2. The number of hydrogen-bond donors (Lipinski definition) is 3. The van der Waals surface area contributed by atoms with Gasteiger partial charge in [0.15, 0.2) is 0 Å². The van der Waals surface area contributed by atoms with E-state index in [0.717, 1.165) is 74.7 Å². The quantitative estimate of drug-likeness (QED) is 0.266. The average Bonchev–Trinajstić information content (AvgIpc) is 3.71. The molecule has 0 aliphatic carbocycles. The Balaban J connectivity index is 1.20. The van der Waals surface area contributed by atoms with Gasteiger partial charge in [-0.2, -0.15) is 5.10 Å². The molecule has 0 aliphatic heterocycles. The van der Waals surface area contributed by atoms with Gasteiger partial charge in [-0.3, -0.25) is 14.6 Å². The highest BCUT2D eigenvalue weighted by Gasteiger charge is 2.16. The number of nitrogens with zero attached hydrogens (tertiary/aromatic N) is 6. The predicted octanol–water partition coefficient (Wildman–Crippen LogP) is 5.35. The van der Waals surface area contributed by atoms with E-state index < -0.39 is 0 Å². The van der Waals surface area contributed by atoms with E-state index >= 15 is 0 Å². The van der Waals surface area contributed by atoms with Crippen LogP contribution in [-0.2, 0) is 13.1 Å². The van der Waals surface area contributed by atoms with Crippen molar-refractivity contribution in [2.45, 2.75) is 20.0 Å². The number of fused-ring (bicyclic) bond motifs is 2. The highest BCUT2D eigenvalue weighted by atomic mass is 15.1. The second-order valence-corrected chi connectivity index (χ2v) is 9.54. The van der Waals surface area contributed by atoms with Gasteiger partial charge in [0.1, 0.15) is 23.4 Å². The molecular weight excluding hydrogens is 486 g/mol. The van der Waals surface area contributed by atoms with Crippen LogP contribution in [0.3, 0.4) is 0 Å². The third kappa shape index (κ3) is 4.45. The first-order valence-electron chi connectivity index (χ1n) is 12.7. The third-order valence-corrected chi connectivity index (χ3v) is 6.74. The molecule has 0 aliphatic rings. The zero-order chi connectivity index (χ0) is 26.2. The molecule has 0 amide bonds. The molecule has 0 fully saturated rings. The smallest absolute Gasteiger partial charge is 0.147 e. The fraction of sp³-hybridized carbons (Fsp3) is 0.100. The van der Waals surface area contributed by atoms with Crippen LogP contribution < -0.4 is 5.32 Å². The van der Waals surface area contributed by atoms with Crippen molar-refractivity contribution in [3.63, 3.8) is 0 Å². The number of nitrogens with one attached hydrogen (secondary N) is 3. The zero-order valence-electron chi connectivity index (χ0n) is 21.3. The number of aromatic nitrogens is 8. The summed E-state index contributed by atoms with van der Waals surface area (Å²) in [4.78, 5) is 21.9. The standard InChI is InChI=1S/C30H25N9/c1-19-17-39(18-34-19)30-23-12-27(35-25(23)9-10-33-30)29-28-26(37-38-29)8-7-24(36-28)22-11-21(15-32-16-22)14-31-13-20-5-3-2-4-6-20/h2-12,15-18,31,35H,13-14H2,1H3,(H,37,38). The summed E-state index contributed by atoms with van der Waals surface area (Å²) in [6.45, 7) is 3.48. The van der Waals surface area contributed by atoms with Crippen molar-refractivity contribution < 1.29 is 0 Å². The van der Waals surface area contributed by atoms with Gasteiger partial charge in [-0.15, -0.1) is 0 Å². The fourth-order valence-electron chi connectivity index (χ4n) is 4.83. The number of benzene rings is 1. The van der Waals surface area contributed by atoms with Crippen LogP contribution in [0.2, 0.25) is 0 Å². The first-order valence-corrected chi connectivity index (χ1v) is 12.7. The van der Waals surface area contributed by atoms with E-state index in [2.05, 4.69) is 71.8 Å². The SMILES string of the molecule is Cc1cn(-c2nccc3[nH]c(-c4n[nH]c5ccc(-c6cncc(CNCc7ccccc7)c6)nc45)cc23)cn1. The molecule has 0 saturated carbocycles. The molecule has 1 aromatic carbocycles. The van der Waals surface area contributed by atoms with Gasteiger partial charge in [-0.1, -0.05) is 30.3 Å². The van der Waals surface area contributed by atoms with Gasteiger partial charge >= 0.3 is 0 Å². The van der Waals surface area contributed by atoms with Crippen LogP contribution in [0.25, 0.3) is 50.4 Å². The highest BCUT2D eigenvalue weighted by Crippen LogP contribution is 2.31. The van der Waals surface area contributed by atoms with Crippen molar-refractivity contribution in [3.05, 3.63) is 109 Å². The van der Waals surface area contributed by atoms with Gasteiger partial charge in [0.25, 0.3) is 0 Å². The van der Waals surface area contributed by atoms with E-state index in [9.17, 15) is 0 Å². The maximum Gasteiger partial charge on any atom is 0.147 e. The molecule has 0 bridgehead atoms. The van der Waals surface area contributed by atoms with Gasteiger partial charge in [-0.05, 0) is 48.4 Å². The summed E-state index contributed by atoms with van der Waals surface area (Å²) < 4.78 is 1.93. The predicted molar refractivity (Wildman–Crippen MR) is 151 cm³/mol. The fourth-order valence-corrected chi connectivity index (χ4v) is 4.83. The highest BCUT2D eigenvalue weighted by molar-refractivity contribution is 5.96. The molecule has 9 heteroatoms. The Morgan fingerprint density at radius 3 is 2.67 bits per heavy atom. The molecule has 7 rings (SSSR count). The van der Waals surface area contributed by atoms with Crippen LogP contribution in [0.1, 0.15) is 16.8 Å². The van der Waals surface area contributed by atoms with Crippen molar-refractivity contribution in [2.24, 2.45) is 0 Å². The number of hydrogen-bond acceptors (Lipinski definition) is 6. The summed E-state index contributed by atoms with van der Waals surface area (Å²) >= 11 is 0. The minimum absolute atomic E-state index is 0.719. The summed E-state index contributed by atoms with van der Waals surface area (Å²) in [6.07, 6.45) is 9.28. The minimum Gasteiger partial charge on any atom is -0.353 e. The van der Waals surface area contributed by atoms with Crippen molar-refractivity contribution in [1.29, 1.82) is 0 Å². The number of imidazole rings is 1. The summed E-state index contributed by atoms with van der Waals surface area (Å²) in [5.41, 5.74) is 9.33. The Kier molecular flexibility index (Phi) is 5.68. The number of aryl methyl sites for hydroxylation is 1. The van der Waals surface area contributed by atoms with Gasteiger partial charge in [0.2, 0.25) is 0 Å². The van der Waals surface area contributed by atoms with Crippen molar-refractivity contribution in [1.82, 2.24) is 45.0 Å². The number of pyridine rings is 3. The van der Waals surface area contributed by atoms with Crippen LogP contribution in [0, 0.1) is 6.92 Å². The first-order chi connectivity index (χ1) is 19.2. The molecule has 7 aromatic rings. The van der Waals surface area contributed by atoms with E-state index in [1.165, 1.54) is 5.56 Å². The molecular formula is C30H25N9. The third-order valence-electron chi connectivity index (χ3n) is 6.74. The summed E-state index contributed by atoms with van der Waals surface area (Å²) in [5.74, 6) is 0.813. The molecule has 0 radical (unpaired) electrons. The van der Waals surface area contributed by atoms with Crippen LogP contribution in [0.5, 0.6) is 0 Å². The number of rotatable bonds is 7. The van der Waals surface area contributed by atoms with E-state index in [0.29, 0.717) is 0 Å². The van der Waals surface area contributed by atoms with E-state index in [-0.39, 0.29) is 0 Å². The molecule has 0 spiro atoms. The molecule has 39 heavy (non-hydrogen) atoms. The van der Waals surface area contributed by atoms with Gasteiger partial charge < -0.3 is 10.3 Å². The van der Waals surface area contributed by atoms with E-state index in [4.69, 9.17) is 4.98 Å².